The van der Waals surface area contributed by atoms with Gasteiger partial charge in [-0.15, -0.1) is 0 Å². The first-order valence-electron chi connectivity index (χ1n) is 6.57. The molecule has 20 heavy (non-hydrogen) atoms. The lowest BCUT2D eigenvalue weighted by Gasteiger charge is -2.09. The number of para-hydroxylation sites is 1. The summed E-state index contributed by atoms with van der Waals surface area (Å²) in [5, 5.41) is 16.2. The quantitative estimate of drug-likeness (QED) is 0.889. The van der Waals surface area contributed by atoms with E-state index in [2.05, 4.69) is 10.4 Å². The largest absolute Gasteiger partial charge is 0.392 e. The number of aryl methyl sites for hydroxylation is 1. The predicted octanol–water partition coefficient (Wildman–Crippen LogP) is 1.60. The Bertz CT molecular complexity index is 617. The van der Waals surface area contributed by atoms with E-state index in [0.29, 0.717) is 5.56 Å². The van der Waals surface area contributed by atoms with E-state index in [1.54, 1.807) is 17.8 Å². The first-order chi connectivity index (χ1) is 9.50. The van der Waals surface area contributed by atoms with Crippen LogP contribution in [-0.4, -0.2) is 33.4 Å². The topological polar surface area (TPSA) is 67.2 Å². The van der Waals surface area contributed by atoms with E-state index in [9.17, 15) is 9.90 Å². The second-order valence-electron chi connectivity index (χ2n) is 4.90. The molecule has 1 aromatic heterocycles. The Hall–Kier alpha value is -2.14. The van der Waals surface area contributed by atoms with E-state index in [1.165, 1.54) is 0 Å². The molecule has 0 fully saturated rings. The number of carbonyl (C=O) groups is 1. The van der Waals surface area contributed by atoms with Crippen LogP contribution in [0.25, 0.3) is 5.69 Å². The molecule has 0 saturated carbocycles. The van der Waals surface area contributed by atoms with Crippen molar-refractivity contribution in [3.63, 3.8) is 0 Å². The number of hydrogen-bond donors (Lipinski definition) is 2. The molecule has 5 heteroatoms. The van der Waals surface area contributed by atoms with Crippen LogP contribution in [-0.2, 0) is 0 Å². The van der Waals surface area contributed by atoms with Crippen LogP contribution in [0.15, 0.2) is 30.5 Å². The number of carbonyl (C=O) groups excluding carboxylic acids is 1. The molecule has 0 spiro atoms. The monoisotopic (exact) mass is 273 g/mol. The van der Waals surface area contributed by atoms with Crippen molar-refractivity contribution in [2.45, 2.75) is 26.9 Å². The highest BCUT2D eigenvalue weighted by Crippen LogP contribution is 2.17. The van der Waals surface area contributed by atoms with Crippen LogP contribution in [0, 0.1) is 13.8 Å². The molecule has 2 rings (SSSR count). The van der Waals surface area contributed by atoms with Gasteiger partial charge in [0.15, 0.2) is 0 Å². The Morgan fingerprint density at radius 2 is 2.10 bits per heavy atom. The lowest BCUT2D eigenvalue weighted by Crippen LogP contribution is -2.30. The third-order valence-corrected chi connectivity index (χ3v) is 3.16. The lowest BCUT2D eigenvalue weighted by molar-refractivity contribution is 0.0923. The molecule has 0 aliphatic carbocycles. The van der Waals surface area contributed by atoms with Crippen molar-refractivity contribution in [2.24, 2.45) is 0 Å². The van der Waals surface area contributed by atoms with Crippen molar-refractivity contribution in [3.05, 3.63) is 47.3 Å². The fourth-order valence-electron chi connectivity index (χ4n) is 2.01. The number of aromatic nitrogens is 2. The minimum atomic E-state index is -0.564. The molecule has 0 bridgehead atoms. The fraction of sp³-hybridized carbons (Fsp3) is 0.333. The van der Waals surface area contributed by atoms with E-state index in [1.807, 2.05) is 38.1 Å². The summed E-state index contributed by atoms with van der Waals surface area (Å²) in [6.07, 6.45) is 0.991. The van der Waals surface area contributed by atoms with Crippen LogP contribution in [0.3, 0.4) is 0 Å². The van der Waals surface area contributed by atoms with Gasteiger partial charge in [-0.1, -0.05) is 18.2 Å². The molecule has 106 valence electrons. The summed E-state index contributed by atoms with van der Waals surface area (Å²) in [5.74, 6) is -0.219. The van der Waals surface area contributed by atoms with Gasteiger partial charge in [-0.25, -0.2) is 4.68 Å². The summed E-state index contributed by atoms with van der Waals surface area (Å²) >= 11 is 0. The molecular formula is C15H19N3O2. The Kier molecular flexibility index (Phi) is 4.20. The molecule has 2 aromatic rings. The van der Waals surface area contributed by atoms with Crippen LogP contribution >= 0.6 is 0 Å². The zero-order chi connectivity index (χ0) is 14.7. The van der Waals surface area contributed by atoms with Gasteiger partial charge in [0.05, 0.1) is 29.2 Å². The van der Waals surface area contributed by atoms with E-state index in [0.717, 1.165) is 16.9 Å². The number of nitrogens with one attached hydrogen (secondary N) is 1. The number of hydrogen-bond acceptors (Lipinski definition) is 3. The average Bonchev–Trinajstić information content (AvgIpc) is 2.78. The van der Waals surface area contributed by atoms with Gasteiger partial charge in [0, 0.05) is 6.54 Å². The fourth-order valence-corrected chi connectivity index (χ4v) is 2.01. The first kappa shape index (κ1) is 14.3. The zero-order valence-corrected chi connectivity index (χ0v) is 11.9. The van der Waals surface area contributed by atoms with Gasteiger partial charge in [-0.3, -0.25) is 4.79 Å². The highest BCUT2D eigenvalue weighted by Gasteiger charge is 2.15. The SMILES string of the molecule is Cc1ccccc1-n1ncc(C(=O)NCC(C)O)c1C. The lowest BCUT2D eigenvalue weighted by atomic mass is 10.2. The maximum atomic E-state index is 12.0. The predicted molar refractivity (Wildman–Crippen MR) is 77.1 cm³/mol. The van der Waals surface area contributed by atoms with Crippen LogP contribution in [0.1, 0.15) is 28.5 Å². The summed E-state index contributed by atoms with van der Waals surface area (Å²) in [4.78, 5) is 12.0. The minimum Gasteiger partial charge on any atom is -0.392 e. The summed E-state index contributed by atoms with van der Waals surface area (Å²) in [7, 11) is 0. The van der Waals surface area contributed by atoms with E-state index in [4.69, 9.17) is 0 Å². The molecule has 2 N–H and O–H groups in total. The molecule has 0 aliphatic rings. The summed E-state index contributed by atoms with van der Waals surface area (Å²) < 4.78 is 1.76. The Labute approximate surface area is 118 Å². The zero-order valence-electron chi connectivity index (χ0n) is 11.9. The van der Waals surface area contributed by atoms with E-state index in [-0.39, 0.29) is 12.5 Å². The molecule has 1 aromatic carbocycles. The van der Waals surface area contributed by atoms with Gasteiger partial charge in [0.1, 0.15) is 0 Å². The average molecular weight is 273 g/mol. The number of aliphatic hydroxyl groups is 1. The number of benzene rings is 1. The van der Waals surface area contributed by atoms with Crippen molar-refractivity contribution in [2.75, 3.05) is 6.54 Å². The van der Waals surface area contributed by atoms with Crippen molar-refractivity contribution in [1.82, 2.24) is 15.1 Å². The third kappa shape index (κ3) is 2.88. The minimum absolute atomic E-state index is 0.219. The van der Waals surface area contributed by atoms with Gasteiger partial charge in [0.2, 0.25) is 0 Å². The van der Waals surface area contributed by atoms with Gasteiger partial charge in [0.25, 0.3) is 5.91 Å². The number of aliphatic hydroxyl groups excluding tert-OH is 1. The van der Waals surface area contributed by atoms with Crippen molar-refractivity contribution in [1.29, 1.82) is 0 Å². The third-order valence-electron chi connectivity index (χ3n) is 3.16. The summed E-state index contributed by atoms with van der Waals surface area (Å²) in [6.45, 7) is 5.72. The number of rotatable bonds is 4. The maximum Gasteiger partial charge on any atom is 0.254 e. The molecule has 0 saturated heterocycles. The molecule has 1 amide bonds. The molecular weight excluding hydrogens is 254 g/mol. The summed E-state index contributed by atoms with van der Waals surface area (Å²) in [5.41, 5.74) is 3.35. The smallest absolute Gasteiger partial charge is 0.254 e. The molecule has 5 nitrogen and oxygen atoms in total. The number of nitrogens with zero attached hydrogens (tertiary/aromatic N) is 2. The van der Waals surface area contributed by atoms with Crippen LogP contribution < -0.4 is 5.32 Å². The van der Waals surface area contributed by atoms with Crippen LogP contribution in [0.5, 0.6) is 0 Å². The van der Waals surface area contributed by atoms with Crippen molar-refractivity contribution >= 4 is 5.91 Å². The van der Waals surface area contributed by atoms with Crippen LogP contribution in [0.4, 0.5) is 0 Å². The standard InChI is InChI=1S/C15H19N3O2/c1-10-6-4-5-7-14(10)18-12(3)13(9-17-18)15(20)16-8-11(2)19/h4-7,9,11,19H,8H2,1-3H3,(H,16,20). The van der Waals surface area contributed by atoms with Crippen molar-refractivity contribution < 1.29 is 9.90 Å². The van der Waals surface area contributed by atoms with Crippen molar-refractivity contribution in [3.8, 4) is 5.69 Å². The number of amides is 1. The maximum absolute atomic E-state index is 12.0. The second-order valence-corrected chi connectivity index (χ2v) is 4.90. The second kappa shape index (κ2) is 5.88. The Morgan fingerprint density at radius 1 is 1.40 bits per heavy atom. The van der Waals surface area contributed by atoms with Gasteiger partial charge < -0.3 is 10.4 Å². The Morgan fingerprint density at radius 3 is 2.75 bits per heavy atom. The van der Waals surface area contributed by atoms with E-state index < -0.39 is 6.10 Å². The van der Waals surface area contributed by atoms with Crippen LogP contribution in [0.2, 0.25) is 0 Å². The van der Waals surface area contributed by atoms with Gasteiger partial charge in [-0.05, 0) is 32.4 Å². The molecule has 1 atom stereocenters. The highest BCUT2D eigenvalue weighted by molar-refractivity contribution is 5.95. The van der Waals surface area contributed by atoms with E-state index >= 15 is 0 Å². The summed E-state index contributed by atoms with van der Waals surface area (Å²) in [6, 6.07) is 7.88. The Balaban J connectivity index is 2.28. The highest BCUT2D eigenvalue weighted by atomic mass is 16.3. The molecule has 0 aliphatic heterocycles. The normalized spacial score (nSPS) is 12.2. The van der Waals surface area contributed by atoms with Gasteiger partial charge >= 0.3 is 0 Å². The first-order valence-corrected chi connectivity index (χ1v) is 6.57. The molecule has 1 heterocycles. The molecule has 1 unspecified atom stereocenters. The molecule has 0 radical (unpaired) electrons. The van der Waals surface area contributed by atoms with Gasteiger partial charge in [-0.2, -0.15) is 5.10 Å².